The first-order valence-electron chi connectivity index (χ1n) is 10.3. The number of methoxy groups -OCH3 is 1. The molecule has 0 saturated carbocycles. The maximum absolute atomic E-state index is 12.7. The third-order valence-corrected chi connectivity index (χ3v) is 4.96. The lowest BCUT2D eigenvalue weighted by atomic mass is 9.94. The molecule has 2 N–H and O–H groups in total. The average molecular weight is 455 g/mol. The molecular formula is C23H25N3O7. The molecule has 0 aliphatic carbocycles. The highest BCUT2D eigenvalue weighted by molar-refractivity contribution is 5.95. The maximum Gasteiger partial charge on any atom is 0.338 e. The number of carbonyl (C=O) groups excluding carboxylic acids is 2. The van der Waals surface area contributed by atoms with E-state index in [-0.39, 0.29) is 41.5 Å². The number of nitro benzene ring substituents is 1. The van der Waals surface area contributed by atoms with Gasteiger partial charge in [0, 0.05) is 11.8 Å². The van der Waals surface area contributed by atoms with Crippen molar-refractivity contribution in [2.45, 2.75) is 32.9 Å². The predicted molar refractivity (Wildman–Crippen MR) is 119 cm³/mol. The molecular weight excluding hydrogens is 430 g/mol. The summed E-state index contributed by atoms with van der Waals surface area (Å²) in [5, 5.41) is 17.1. The van der Waals surface area contributed by atoms with Crippen molar-refractivity contribution < 1.29 is 28.7 Å². The zero-order valence-electron chi connectivity index (χ0n) is 18.5. The minimum Gasteiger partial charge on any atom is -0.493 e. The summed E-state index contributed by atoms with van der Waals surface area (Å²) in [6, 6.07) is 10.4. The van der Waals surface area contributed by atoms with Gasteiger partial charge in [0.2, 0.25) is 5.75 Å². The number of rotatable bonds is 9. The van der Waals surface area contributed by atoms with Crippen LogP contribution in [0.4, 0.5) is 10.5 Å². The Balaban J connectivity index is 2.03. The SMILES string of the molecule is CCCOC(=O)C1=C(C)NC(=O)NC1c1cc(OC)c(OCc2ccccc2)c([N+](=O)[O-])c1. The third-order valence-electron chi connectivity index (χ3n) is 4.96. The fraction of sp³-hybridized carbons (Fsp3) is 0.304. The van der Waals surface area contributed by atoms with Crippen LogP contribution in [-0.4, -0.2) is 30.6 Å². The molecule has 1 aliphatic rings. The van der Waals surface area contributed by atoms with Crippen molar-refractivity contribution in [1.82, 2.24) is 10.6 Å². The number of amides is 2. The Labute approximate surface area is 190 Å². The molecule has 0 saturated heterocycles. The molecule has 1 unspecified atom stereocenters. The van der Waals surface area contributed by atoms with E-state index in [1.54, 1.807) is 6.92 Å². The number of allylic oxidation sites excluding steroid dienone is 1. The van der Waals surface area contributed by atoms with Crippen molar-refractivity contribution in [3.05, 3.63) is 75.0 Å². The van der Waals surface area contributed by atoms with E-state index < -0.39 is 23.0 Å². The topological polar surface area (TPSA) is 129 Å². The van der Waals surface area contributed by atoms with Gasteiger partial charge in [0.15, 0.2) is 5.75 Å². The Morgan fingerprint density at radius 1 is 1.21 bits per heavy atom. The minimum absolute atomic E-state index is 0.0498. The number of nitrogens with zero attached hydrogens (tertiary/aromatic N) is 1. The average Bonchev–Trinajstić information content (AvgIpc) is 2.80. The first-order chi connectivity index (χ1) is 15.8. The highest BCUT2D eigenvalue weighted by Crippen LogP contribution is 2.42. The molecule has 0 spiro atoms. The standard InChI is InChI=1S/C23H25N3O7/c1-4-10-32-22(27)19-14(2)24-23(28)25-20(19)16-11-17(26(29)30)21(18(12-16)31-3)33-13-15-8-6-5-7-9-15/h5-9,11-12,20H,4,10,13H2,1-3H3,(H2,24,25,28). The van der Waals surface area contributed by atoms with Gasteiger partial charge in [-0.25, -0.2) is 9.59 Å². The Bertz CT molecular complexity index is 1080. The van der Waals surface area contributed by atoms with E-state index in [4.69, 9.17) is 14.2 Å². The van der Waals surface area contributed by atoms with Crippen LogP contribution in [0.3, 0.4) is 0 Å². The van der Waals surface area contributed by atoms with Gasteiger partial charge < -0.3 is 24.8 Å². The first-order valence-corrected chi connectivity index (χ1v) is 10.3. The number of ether oxygens (including phenoxy) is 3. The fourth-order valence-corrected chi connectivity index (χ4v) is 3.42. The van der Waals surface area contributed by atoms with Crippen molar-refractivity contribution in [2.75, 3.05) is 13.7 Å². The molecule has 2 amide bonds. The zero-order chi connectivity index (χ0) is 24.0. The number of urea groups is 1. The summed E-state index contributed by atoms with van der Waals surface area (Å²) in [4.78, 5) is 36.1. The van der Waals surface area contributed by atoms with E-state index >= 15 is 0 Å². The lowest BCUT2D eigenvalue weighted by Crippen LogP contribution is -2.45. The summed E-state index contributed by atoms with van der Waals surface area (Å²) in [5.41, 5.74) is 1.20. The number of hydrogen-bond acceptors (Lipinski definition) is 7. The van der Waals surface area contributed by atoms with Crippen LogP contribution in [0.15, 0.2) is 53.7 Å². The molecule has 10 heteroatoms. The van der Waals surface area contributed by atoms with E-state index in [2.05, 4.69) is 10.6 Å². The lowest BCUT2D eigenvalue weighted by molar-refractivity contribution is -0.386. The third kappa shape index (κ3) is 5.40. The molecule has 10 nitrogen and oxygen atoms in total. The van der Waals surface area contributed by atoms with Gasteiger partial charge in [-0.1, -0.05) is 37.3 Å². The Kier molecular flexibility index (Phi) is 7.50. The van der Waals surface area contributed by atoms with Gasteiger partial charge in [0.25, 0.3) is 0 Å². The normalized spacial score (nSPS) is 15.4. The number of nitro groups is 1. The van der Waals surface area contributed by atoms with Crippen molar-refractivity contribution in [1.29, 1.82) is 0 Å². The van der Waals surface area contributed by atoms with Crippen LogP contribution in [0.5, 0.6) is 11.5 Å². The highest BCUT2D eigenvalue weighted by Gasteiger charge is 2.35. The Morgan fingerprint density at radius 2 is 1.94 bits per heavy atom. The molecule has 0 fully saturated rings. The smallest absolute Gasteiger partial charge is 0.338 e. The van der Waals surface area contributed by atoms with Crippen LogP contribution in [0.2, 0.25) is 0 Å². The van der Waals surface area contributed by atoms with Gasteiger partial charge in [-0.3, -0.25) is 10.1 Å². The summed E-state index contributed by atoms with van der Waals surface area (Å²) >= 11 is 0. The van der Waals surface area contributed by atoms with Crippen LogP contribution in [0.25, 0.3) is 0 Å². The summed E-state index contributed by atoms with van der Waals surface area (Å²) in [5.74, 6) is -0.578. The number of esters is 1. The Hall–Kier alpha value is -4.08. The second kappa shape index (κ2) is 10.5. The summed E-state index contributed by atoms with van der Waals surface area (Å²) in [6.45, 7) is 3.72. The molecule has 1 heterocycles. The van der Waals surface area contributed by atoms with Crippen LogP contribution in [-0.2, 0) is 16.1 Å². The highest BCUT2D eigenvalue weighted by atomic mass is 16.6. The van der Waals surface area contributed by atoms with Gasteiger partial charge >= 0.3 is 17.7 Å². The maximum atomic E-state index is 12.7. The Morgan fingerprint density at radius 3 is 2.58 bits per heavy atom. The first kappa shape index (κ1) is 23.6. The van der Waals surface area contributed by atoms with Gasteiger partial charge in [-0.2, -0.15) is 0 Å². The molecule has 2 aromatic carbocycles. The second-order valence-corrected chi connectivity index (χ2v) is 7.31. The van der Waals surface area contributed by atoms with Gasteiger partial charge in [0.1, 0.15) is 6.61 Å². The van der Waals surface area contributed by atoms with Crippen molar-refractivity contribution >= 4 is 17.7 Å². The molecule has 174 valence electrons. The van der Waals surface area contributed by atoms with Gasteiger partial charge in [-0.15, -0.1) is 0 Å². The second-order valence-electron chi connectivity index (χ2n) is 7.31. The zero-order valence-corrected chi connectivity index (χ0v) is 18.5. The molecule has 2 aromatic rings. The van der Waals surface area contributed by atoms with E-state index in [0.29, 0.717) is 12.1 Å². The number of carbonyl (C=O) groups is 2. The molecule has 1 atom stereocenters. The molecule has 0 radical (unpaired) electrons. The van der Waals surface area contributed by atoms with Crippen molar-refractivity contribution in [2.24, 2.45) is 0 Å². The largest absolute Gasteiger partial charge is 0.493 e. The van der Waals surface area contributed by atoms with Crippen molar-refractivity contribution in [3.8, 4) is 11.5 Å². The minimum atomic E-state index is -0.973. The molecule has 33 heavy (non-hydrogen) atoms. The van der Waals surface area contributed by atoms with Crippen LogP contribution < -0.4 is 20.1 Å². The number of benzene rings is 2. The number of nitrogens with one attached hydrogen (secondary N) is 2. The van der Waals surface area contributed by atoms with Crippen LogP contribution in [0, 0.1) is 10.1 Å². The molecule has 0 bridgehead atoms. The molecule has 1 aliphatic heterocycles. The van der Waals surface area contributed by atoms with E-state index in [1.165, 1.54) is 19.2 Å². The monoisotopic (exact) mass is 455 g/mol. The van der Waals surface area contributed by atoms with E-state index in [0.717, 1.165) is 5.56 Å². The molecule has 3 rings (SSSR count). The fourth-order valence-electron chi connectivity index (χ4n) is 3.42. The van der Waals surface area contributed by atoms with Crippen LogP contribution >= 0.6 is 0 Å². The van der Waals surface area contributed by atoms with E-state index in [1.807, 2.05) is 37.3 Å². The van der Waals surface area contributed by atoms with E-state index in [9.17, 15) is 19.7 Å². The van der Waals surface area contributed by atoms with Gasteiger partial charge in [-0.05, 0) is 30.5 Å². The summed E-state index contributed by atoms with van der Waals surface area (Å²) in [6.07, 6.45) is 0.620. The molecule has 0 aromatic heterocycles. The number of hydrogen-bond donors (Lipinski definition) is 2. The predicted octanol–water partition coefficient (Wildman–Crippen LogP) is 3.76. The van der Waals surface area contributed by atoms with Crippen molar-refractivity contribution in [3.63, 3.8) is 0 Å². The quantitative estimate of drug-likeness (QED) is 0.335. The summed E-state index contributed by atoms with van der Waals surface area (Å²) < 4.78 is 16.4. The van der Waals surface area contributed by atoms with Gasteiger partial charge in [0.05, 0.1) is 30.3 Å². The van der Waals surface area contributed by atoms with Crippen LogP contribution in [0.1, 0.15) is 37.4 Å². The lowest BCUT2D eigenvalue weighted by Gasteiger charge is -2.28. The summed E-state index contributed by atoms with van der Waals surface area (Å²) in [7, 11) is 1.36.